The largest absolute Gasteiger partial charge is 0.343 e. The van der Waals surface area contributed by atoms with Crippen molar-refractivity contribution >= 4 is 21.8 Å². The molecule has 0 N–H and O–H groups in total. The molecule has 2 aromatic heterocycles. The summed E-state index contributed by atoms with van der Waals surface area (Å²) in [5, 5.41) is 2.34. The Hall–Kier alpha value is -3.46. The SMILES string of the molecule is Cc1ccc2ccn(Cc3ccc(-c4ncc5ccccc5n4)cc3)c2c1. The molecule has 5 rings (SSSR count). The summed E-state index contributed by atoms with van der Waals surface area (Å²) in [4.78, 5) is 9.20. The lowest BCUT2D eigenvalue weighted by Crippen LogP contribution is -1.98. The number of aromatic nitrogens is 3. The molecule has 0 spiro atoms. The number of aryl methyl sites for hydroxylation is 1. The molecule has 3 heteroatoms. The van der Waals surface area contributed by atoms with Gasteiger partial charge >= 0.3 is 0 Å². The summed E-state index contributed by atoms with van der Waals surface area (Å²) in [6, 6.07) is 25.4. The quantitative estimate of drug-likeness (QED) is 0.424. The molecule has 3 nitrogen and oxygen atoms in total. The maximum absolute atomic E-state index is 4.69. The van der Waals surface area contributed by atoms with E-state index in [2.05, 4.69) is 76.2 Å². The number of benzene rings is 3. The van der Waals surface area contributed by atoms with E-state index in [1.54, 1.807) is 0 Å². The Kier molecular flexibility index (Phi) is 3.72. The summed E-state index contributed by atoms with van der Waals surface area (Å²) in [7, 11) is 0. The predicted molar refractivity (Wildman–Crippen MR) is 111 cm³/mol. The molecule has 27 heavy (non-hydrogen) atoms. The Morgan fingerprint density at radius 3 is 2.59 bits per heavy atom. The zero-order valence-corrected chi connectivity index (χ0v) is 15.1. The summed E-state index contributed by atoms with van der Waals surface area (Å²) < 4.78 is 2.30. The summed E-state index contributed by atoms with van der Waals surface area (Å²) in [6.07, 6.45) is 4.05. The van der Waals surface area contributed by atoms with Crippen molar-refractivity contribution in [3.05, 3.63) is 96.3 Å². The van der Waals surface area contributed by atoms with Gasteiger partial charge in [0.15, 0.2) is 5.82 Å². The van der Waals surface area contributed by atoms with Crippen molar-refractivity contribution in [2.45, 2.75) is 13.5 Å². The molecule has 5 aromatic rings. The fraction of sp³-hybridized carbons (Fsp3) is 0.0833. The van der Waals surface area contributed by atoms with E-state index in [-0.39, 0.29) is 0 Å². The van der Waals surface area contributed by atoms with E-state index < -0.39 is 0 Å². The smallest absolute Gasteiger partial charge is 0.159 e. The van der Waals surface area contributed by atoms with Crippen LogP contribution in [0.1, 0.15) is 11.1 Å². The predicted octanol–water partition coefficient (Wildman–Crippen LogP) is 5.61. The second kappa shape index (κ2) is 6.36. The van der Waals surface area contributed by atoms with Gasteiger partial charge in [0.1, 0.15) is 0 Å². The molecular formula is C24H19N3. The van der Waals surface area contributed by atoms with Crippen molar-refractivity contribution in [2.75, 3.05) is 0 Å². The standard InChI is InChI=1S/C24H19N3/c1-17-6-9-19-12-13-27(23(19)14-17)16-18-7-10-20(11-8-18)24-25-15-21-4-2-3-5-22(21)26-24/h2-15H,16H2,1H3. The first kappa shape index (κ1) is 15.8. The van der Waals surface area contributed by atoms with Crippen molar-refractivity contribution in [1.29, 1.82) is 0 Å². The van der Waals surface area contributed by atoms with Crippen LogP contribution in [-0.2, 0) is 6.54 Å². The lowest BCUT2D eigenvalue weighted by Gasteiger charge is -2.08. The molecule has 0 aliphatic rings. The molecule has 0 fully saturated rings. The van der Waals surface area contributed by atoms with Gasteiger partial charge in [0.2, 0.25) is 0 Å². The van der Waals surface area contributed by atoms with Gasteiger partial charge in [-0.2, -0.15) is 0 Å². The van der Waals surface area contributed by atoms with Crippen LogP contribution in [0.2, 0.25) is 0 Å². The van der Waals surface area contributed by atoms with Gasteiger partial charge in [-0.25, -0.2) is 9.97 Å². The first-order chi connectivity index (χ1) is 13.3. The number of fused-ring (bicyclic) bond motifs is 2. The van der Waals surface area contributed by atoms with Crippen LogP contribution in [0.5, 0.6) is 0 Å². The molecule has 0 amide bonds. The minimum atomic E-state index is 0.766. The zero-order chi connectivity index (χ0) is 18.2. The van der Waals surface area contributed by atoms with Crippen LogP contribution >= 0.6 is 0 Å². The Labute approximate surface area is 157 Å². The molecule has 0 bridgehead atoms. The zero-order valence-electron chi connectivity index (χ0n) is 15.1. The van der Waals surface area contributed by atoms with E-state index in [1.807, 2.05) is 30.5 Å². The van der Waals surface area contributed by atoms with E-state index in [0.717, 1.165) is 28.8 Å². The number of hydrogen-bond donors (Lipinski definition) is 0. The molecule has 0 saturated heterocycles. The Balaban J connectivity index is 1.44. The van der Waals surface area contributed by atoms with E-state index in [9.17, 15) is 0 Å². The van der Waals surface area contributed by atoms with E-state index in [0.29, 0.717) is 0 Å². The van der Waals surface area contributed by atoms with Crippen LogP contribution in [-0.4, -0.2) is 14.5 Å². The molecule has 2 heterocycles. The molecule has 0 saturated carbocycles. The van der Waals surface area contributed by atoms with Crippen molar-refractivity contribution in [1.82, 2.24) is 14.5 Å². The fourth-order valence-corrected chi connectivity index (χ4v) is 3.50. The Bertz CT molecular complexity index is 1250. The molecule has 0 aliphatic heterocycles. The van der Waals surface area contributed by atoms with Crippen LogP contribution in [0.3, 0.4) is 0 Å². The van der Waals surface area contributed by atoms with Crippen LogP contribution in [0.25, 0.3) is 33.2 Å². The van der Waals surface area contributed by atoms with E-state index in [4.69, 9.17) is 0 Å². The third-order valence-corrected chi connectivity index (χ3v) is 4.98. The molecule has 0 atom stereocenters. The highest BCUT2D eigenvalue weighted by Crippen LogP contribution is 2.21. The van der Waals surface area contributed by atoms with Crippen molar-refractivity contribution in [3.8, 4) is 11.4 Å². The number of nitrogens with zero attached hydrogens (tertiary/aromatic N) is 3. The summed E-state index contributed by atoms with van der Waals surface area (Å²) in [5.74, 6) is 0.766. The second-order valence-electron chi connectivity index (χ2n) is 6.96. The molecule has 130 valence electrons. The van der Waals surface area contributed by atoms with Gasteiger partial charge in [0, 0.05) is 35.4 Å². The molecule has 0 aliphatic carbocycles. The second-order valence-corrected chi connectivity index (χ2v) is 6.96. The highest BCUT2D eigenvalue weighted by Gasteiger charge is 2.05. The molecule has 3 aromatic carbocycles. The number of rotatable bonds is 3. The van der Waals surface area contributed by atoms with Crippen molar-refractivity contribution < 1.29 is 0 Å². The molecular weight excluding hydrogens is 330 g/mol. The van der Waals surface area contributed by atoms with Gasteiger partial charge in [-0.05, 0) is 41.6 Å². The number of para-hydroxylation sites is 1. The van der Waals surface area contributed by atoms with Gasteiger partial charge in [0.05, 0.1) is 5.52 Å². The van der Waals surface area contributed by atoms with Crippen molar-refractivity contribution in [2.24, 2.45) is 0 Å². The average molecular weight is 349 g/mol. The minimum Gasteiger partial charge on any atom is -0.343 e. The lowest BCUT2D eigenvalue weighted by molar-refractivity contribution is 0.836. The third kappa shape index (κ3) is 2.97. The average Bonchev–Trinajstić information content (AvgIpc) is 3.10. The fourth-order valence-electron chi connectivity index (χ4n) is 3.50. The van der Waals surface area contributed by atoms with Crippen LogP contribution in [0.15, 0.2) is 85.2 Å². The first-order valence-electron chi connectivity index (χ1n) is 9.13. The summed E-state index contributed by atoms with van der Waals surface area (Å²) in [6.45, 7) is 2.99. The normalized spacial score (nSPS) is 11.3. The van der Waals surface area contributed by atoms with Gasteiger partial charge in [-0.3, -0.25) is 0 Å². The van der Waals surface area contributed by atoms with Gasteiger partial charge in [-0.1, -0.05) is 54.6 Å². The van der Waals surface area contributed by atoms with Gasteiger partial charge in [-0.15, -0.1) is 0 Å². The Morgan fingerprint density at radius 2 is 1.70 bits per heavy atom. The maximum atomic E-state index is 4.69. The number of hydrogen-bond acceptors (Lipinski definition) is 2. The molecule has 0 radical (unpaired) electrons. The minimum absolute atomic E-state index is 0.766. The van der Waals surface area contributed by atoms with E-state index >= 15 is 0 Å². The van der Waals surface area contributed by atoms with Gasteiger partial charge < -0.3 is 4.57 Å². The lowest BCUT2D eigenvalue weighted by atomic mass is 10.1. The topological polar surface area (TPSA) is 30.7 Å². The highest BCUT2D eigenvalue weighted by atomic mass is 14.9. The third-order valence-electron chi connectivity index (χ3n) is 4.98. The van der Waals surface area contributed by atoms with Crippen LogP contribution < -0.4 is 0 Å². The summed E-state index contributed by atoms with van der Waals surface area (Å²) >= 11 is 0. The monoisotopic (exact) mass is 349 g/mol. The Morgan fingerprint density at radius 1 is 0.852 bits per heavy atom. The van der Waals surface area contributed by atoms with E-state index in [1.165, 1.54) is 22.0 Å². The molecule has 0 unspecified atom stereocenters. The van der Waals surface area contributed by atoms with Crippen LogP contribution in [0, 0.1) is 6.92 Å². The summed E-state index contributed by atoms with van der Waals surface area (Å²) in [5.41, 5.74) is 5.83. The maximum Gasteiger partial charge on any atom is 0.159 e. The van der Waals surface area contributed by atoms with Gasteiger partial charge in [0.25, 0.3) is 0 Å². The highest BCUT2D eigenvalue weighted by molar-refractivity contribution is 5.81. The van der Waals surface area contributed by atoms with Crippen LogP contribution in [0.4, 0.5) is 0 Å². The van der Waals surface area contributed by atoms with Crippen molar-refractivity contribution in [3.63, 3.8) is 0 Å². The first-order valence-corrected chi connectivity index (χ1v) is 9.13.